The molecule has 0 aromatic heterocycles. The van der Waals surface area contributed by atoms with Crippen molar-refractivity contribution in [2.75, 3.05) is 40.4 Å². The number of piperazine rings is 1. The minimum Gasteiger partial charge on any atom is -0.497 e. The number of methoxy groups -OCH3 is 2. The maximum absolute atomic E-state index is 12.8. The quantitative estimate of drug-likeness (QED) is 0.611. The Morgan fingerprint density at radius 1 is 0.969 bits per heavy atom. The van der Waals surface area contributed by atoms with Gasteiger partial charge in [-0.1, -0.05) is 18.2 Å². The monoisotopic (exact) mass is 446 g/mol. The van der Waals surface area contributed by atoms with Crippen LogP contribution in [0.3, 0.4) is 0 Å². The molecule has 1 saturated heterocycles. The van der Waals surface area contributed by atoms with E-state index in [0.29, 0.717) is 43.1 Å². The fraction of sp³-hybridized carbons (Fsp3) is 0.304. The Labute approximate surface area is 184 Å². The number of carbonyl (C=O) groups is 2. The topological polar surface area (TPSA) is 68.3 Å². The number of benzene rings is 2. The van der Waals surface area contributed by atoms with Gasteiger partial charge in [-0.15, -0.1) is 0 Å². The Morgan fingerprint density at radius 2 is 1.66 bits per heavy atom. The van der Waals surface area contributed by atoms with Crippen molar-refractivity contribution in [1.29, 1.82) is 0 Å². The first kappa shape index (κ1) is 23.1. The zero-order valence-corrected chi connectivity index (χ0v) is 17.8. The standard InChI is InChI=1S/C23H24F2N2O5/c1-30-18-7-3-6-17(15-18)22(29)27-13-11-26(12-14-27)20(28)10-9-16-5-4-8-19(31-2)21(16)32-23(24)25/h3-10,15,23H,11-14H2,1-2H3/b10-9+. The van der Waals surface area contributed by atoms with Gasteiger partial charge in [-0.05, 0) is 30.3 Å². The molecule has 170 valence electrons. The fourth-order valence-electron chi connectivity index (χ4n) is 3.38. The van der Waals surface area contributed by atoms with E-state index in [1.165, 1.54) is 32.4 Å². The molecule has 9 heteroatoms. The van der Waals surface area contributed by atoms with E-state index in [4.69, 9.17) is 9.47 Å². The summed E-state index contributed by atoms with van der Waals surface area (Å²) in [6.45, 7) is -1.54. The zero-order valence-electron chi connectivity index (χ0n) is 17.8. The van der Waals surface area contributed by atoms with Crippen LogP contribution in [0.2, 0.25) is 0 Å². The molecule has 2 amide bonds. The molecule has 0 radical (unpaired) electrons. The number of para-hydroxylation sites is 1. The molecule has 0 spiro atoms. The molecule has 1 heterocycles. The van der Waals surface area contributed by atoms with Crippen LogP contribution < -0.4 is 14.2 Å². The SMILES string of the molecule is COc1cccc(C(=O)N2CCN(C(=O)/C=C/c3cccc(OC)c3OC(F)F)CC2)c1. The van der Waals surface area contributed by atoms with Crippen molar-refractivity contribution in [3.05, 3.63) is 59.7 Å². The van der Waals surface area contributed by atoms with Crippen molar-refractivity contribution < 1.29 is 32.6 Å². The summed E-state index contributed by atoms with van der Waals surface area (Å²) in [6, 6.07) is 11.6. The third-order valence-electron chi connectivity index (χ3n) is 5.04. The molecule has 2 aromatic rings. The first-order chi connectivity index (χ1) is 15.4. The van der Waals surface area contributed by atoms with Gasteiger partial charge in [0, 0.05) is 43.4 Å². The molecule has 2 aromatic carbocycles. The van der Waals surface area contributed by atoms with E-state index in [9.17, 15) is 18.4 Å². The number of alkyl halides is 2. The largest absolute Gasteiger partial charge is 0.497 e. The van der Waals surface area contributed by atoms with Gasteiger partial charge < -0.3 is 24.0 Å². The summed E-state index contributed by atoms with van der Waals surface area (Å²) >= 11 is 0. The fourth-order valence-corrected chi connectivity index (χ4v) is 3.38. The van der Waals surface area contributed by atoms with Crippen LogP contribution in [0, 0.1) is 0 Å². The molecule has 7 nitrogen and oxygen atoms in total. The van der Waals surface area contributed by atoms with Crippen LogP contribution in [0.25, 0.3) is 6.08 Å². The number of carbonyl (C=O) groups excluding carboxylic acids is 2. The number of ether oxygens (including phenoxy) is 3. The van der Waals surface area contributed by atoms with Crippen molar-refractivity contribution in [2.24, 2.45) is 0 Å². The number of hydrogen-bond acceptors (Lipinski definition) is 5. The molecule has 0 bridgehead atoms. The molecule has 0 unspecified atom stereocenters. The number of amides is 2. The van der Waals surface area contributed by atoms with Crippen molar-refractivity contribution in [1.82, 2.24) is 9.80 Å². The molecule has 1 aliphatic heterocycles. The highest BCUT2D eigenvalue weighted by Gasteiger charge is 2.24. The van der Waals surface area contributed by atoms with Crippen LogP contribution in [0.15, 0.2) is 48.5 Å². The van der Waals surface area contributed by atoms with Crippen molar-refractivity contribution >= 4 is 17.9 Å². The summed E-state index contributed by atoms with van der Waals surface area (Å²) in [4.78, 5) is 28.6. The predicted octanol–water partition coefficient (Wildman–Crippen LogP) is 3.30. The summed E-state index contributed by atoms with van der Waals surface area (Å²) in [5.41, 5.74) is 0.818. The molecule has 0 saturated carbocycles. The summed E-state index contributed by atoms with van der Waals surface area (Å²) in [5, 5.41) is 0. The Bertz CT molecular complexity index is 988. The van der Waals surface area contributed by atoms with Crippen LogP contribution in [-0.2, 0) is 4.79 Å². The van der Waals surface area contributed by atoms with Gasteiger partial charge in [-0.3, -0.25) is 9.59 Å². The second kappa shape index (κ2) is 10.6. The third-order valence-corrected chi connectivity index (χ3v) is 5.04. The normalized spacial score (nSPS) is 14.0. The lowest BCUT2D eigenvalue weighted by Gasteiger charge is -2.34. The number of rotatable bonds is 7. The highest BCUT2D eigenvalue weighted by atomic mass is 19.3. The van der Waals surface area contributed by atoms with E-state index in [0.717, 1.165) is 0 Å². The van der Waals surface area contributed by atoms with E-state index in [1.54, 1.807) is 46.2 Å². The molecule has 1 fully saturated rings. The van der Waals surface area contributed by atoms with Crippen molar-refractivity contribution in [2.45, 2.75) is 6.61 Å². The third kappa shape index (κ3) is 5.54. The molecular formula is C23H24F2N2O5. The second-order valence-corrected chi connectivity index (χ2v) is 6.94. The van der Waals surface area contributed by atoms with Gasteiger partial charge in [-0.2, -0.15) is 8.78 Å². The lowest BCUT2D eigenvalue weighted by atomic mass is 10.1. The Morgan fingerprint density at radius 3 is 2.31 bits per heavy atom. The molecule has 32 heavy (non-hydrogen) atoms. The number of hydrogen-bond donors (Lipinski definition) is 0. The average Bonchev–Trinajstić information content (AvgIpc) is 2.82. The number of halogens is 2. The van der Waals surface area contributed by atoms with Crippen LogP contribution >= 0.6 is 0 Å². The molecule has 0 atom stereocenters. The molecule has 0 aliphatic carbocycles. The Kier molecular flexibility index (Phi) is 7.64. The van der Waals surface area contributed by atoms with Gasteiger partial charge in [0.25, 0.3) is 5.91 Å². The molecular weight excluding hydrogens is 422 g/mol. The number of nitrogens with zero attached hydrogens (tertiary/aromatic N) is 2. The van der Waals surface area contributed by atoms with Crippen molar-refractivity contribution in [3.63, 3.8) is 0 Å². The first-order valence-corrected chi connectivity index (χ1v) is 9.95. The maximum Gasteiger partial charge on any atom is 0.387 e. The molecule has 3 rings (SSSR count). The van der Waals surface area contributed by atoms with Gasteiger partial charge in [0.15, 0.2) is 11.5 Å². The molecule has 0 N–H and O–H groups in total. The lowest BCUT2D eigenvalue weighted by Crippen LogP contribution is -2.50. The Hall–Kier alpha value is -3.62. The van der Waals surface area contributed by atoms with Gasteiger partial charge in [-0.25, -0.2) is 0 Å². The summed E-state index contributed by atoms with van der Waals surface area (Å²) in [6.07, 6.45) is 2.71. The highest BCUT2D eigenvalue weighted by Crippen LogP contribution is 2.33. The van der Waals surface area contributed by atoms with Crippen molar-refractivity contribution in [3.8, 4) is 17.2 Å². The zero-order chi connectivity index (χ0) is 23.1. The van der Waals surface area contributed by atoms with E-state index >= 15 is 0 Å². The average molecular weight is 446 g/mol. The molecule has 1 aliphatic rings. The maximum atomic E-state index is 12.8. The summed E-state index contributed by atoms with van der Waals surface area (Å²) in [7, 11) is 2.88. The first-order valence-electron chi connectivity index (χ1n) is 9.95. The minimum atomic E-state index is -3.02. The van der Waals surface area contributed by atoms with Gasteiger partial charge >= 0.3 is 6.61 Å². The summed E-state index contributed by atoms with van der Waals surface area (Å²) < 4.78 is 40.3. The summed E-state index contributed by atoms with van der Waals surface area (Å²) in [5.74, 6) is 0.191. The van der Waals surface area contributed by atoms with E-state index in [2.05, 4.69) is 4.74 Å². The van der Waals surface area contributed by atoms with E-state index < -0.39 is 6.61 Å². The van der Waals surface area contributed by atoms with E-state index in [1.807, 2.05) is 0 Å². The Balaban J connectivity index is 1.62. The van der Waals surface area contributed by atoms with Crippen LogP contribution in [-0.4, -0.2) is 68.6 Å². The smallest absolute Gasteiger partial charge is 0.387 e. The lowest BCUT2D eigenvalue weighted by molar-refractivity contribution is -0.127. The predicted molar refractivity (Wildman–Crippen MR) is 114 cm³/mol. The van der Waals surface area contributed by atoms with Crippen LogP contribution in [0.1, 0.15) is 15.9 Å². The van der Waals surface area contributed by atoms with Gasteiger partial charge in [0.1, 0.15) is 5.75 Å². The van der Waals surface area contributed by atoms with Crippen LogP contribution in [0.5, 0.6) is 17.2 Å². The minimum absolute atomic E-state index is 0.128. The van der Waals surface area contributed by atoms with E-state index in [-0.39, 0.29) is 23.3 Å². The highest BCUT2D eigenvalue weighted by molar-refractivity contribution is 5.95. The van der Waals surface area contributed by atoms with Gasteiger partial charge in [0.2, 0.25) is 5.91 Å². The van der Waals surface area contributed by atoms with Crippen LogP contribution in [0.4, 0.5) is 8.78 Å². The van der Waals surface area contributed by atoms with Gasteiger partial charge in [0.05, 0.1) is 14.2 Å². The second-order valence-electron chi connectivity index (χ2n) is 6.94.